The van der Waals surface area contributed by atoms with Crippen LogP contribution in [0.3, 0.4) is 0 Å². The quantitative estimate of drug-likeness (QED) is 0.823. The van der Waals surface area contributed by atoms with E-state index in [1.165, 1.54) is 0 Å². The largest absolute Gasteiger partial charge is 0.331 e. The van der Waals surface area contributed by atoms with Gasteiger partial charge in [-0.3, -0.25) is 9.59 Å². The number of nitrogens with zero attached hydrogens (tertiary/aromatic N) is 3. The average Bonchev–Trinajstić information content (AvgIpc) is 3.01. The Hall–Kier alpha value is -1.43. The first kappa shape index (κ1) is 12.6. The maximum atomic E-state index is 12.3. The Kier molecular flexibility index (Phi) is 3.26. The van der Waals surface area contributed by atoms with Crippen molar-refractivity contribution in [3.05, 3.63) is 16.1 Å². The minimum atomic E-state index is -0.195. The van der Waals surface area contributed by atoms with Crippen molar-refractivity contribution in [2.75, 3.05) is 19.6 Å². The van der Waals surface area contributed by atoms with Gasteiger partial charge in [0.05, 0.1) is 11.6 Å². The molecular weight excluding hydrogens is 262 g/mol. The van der Waals surface area contributed by atoms with E-state index >= 15 is 0 Å². The highest BCUT2D eigenvalue weighted by atomic mass is 32.1. The zero-order chi connectivity index (χ0) is 13.4. The standard InChI is InChI=1S/C13H17N3O2S/c1-9-8-19-11(14-9)4-6-15-7-12(17)16-5-2-3-10(16)13(15)18/h8,10H,2-7H2,1H3. The molecule has 3 rings (SSSR count). The van der Waals surface area contributed by atoms with Crippen molar-refractivity contribution >= 4 is 23.2 Å². The molecule has 19 heavy (non-hydrogen) atoms. The van der Waals surface area contributed by atoms with Crippen LogP contribution in [0.1, 0.15) is 23.5 Å². The first-order chi connectivity index (χ1) is 9.15. The van der Waals surface area contributed by atoms with Gasteiger partial charge in [-0.25, -0.2) is 4.98 Å². The molecular formula is C13H17N3O2S. The van der Waals surface area contributed by atoms with Crippen LogP contribution in [0.25, 0.3) is 0 Å². The summed E-state index contributed by atoms with van der Waals surface area (Å²) in [5.41, 5.74) is 1.02. The molecule has 1 unspecified atom stereocenters. The lowest BCUT2D eigenvalue weighted by atomic mass is 10.1. The smallest absolute Gasteiger partial charge is 0.245 e. The molecule has 0 aromatic carbocycles. The van der Waals surface area contributed by atoms with Gasteiger partial charge in [-0.2, -0.15) is 0 Å². The van der Waals surface area contributed by atoms with E-state index in [0.29, 0.717) is 6.54 Å². The summed E-state index contributed by atoms with van der Waals surface area (Å²) >= 11 is 1.62. The van der Waals surface area contributed by atoms with Gasteiger partial charge in [0.15, 0.2) is 0 Å². The first-order valence-corrected chi connectivity index (χ1v) is 7.52. The van der Waals surface area contributed by atoms with Crippen LogP contribution in [0, 0.1) is 6.92 Å². The molecule has 0 spiro atoms. The molecule has 0 radical (unpaired) electrons. The van der Waals surface area contributed by atoms with Gasteiger partial charge in [-0.05, 0) is 19.8 Å². The molecule has 0 saturated carbocycles. The maximum absolute atomic E-state index is 12.3. The number of carbonyl (C=O) groups is 2. The van der Waals surface area contributed by atoms with Gasteiger partial charge in [-0.1, -0.05) is 0 Å². The zero-order valence-electron chi connectivity index (χ0n) is 11.0. The van der Waals surface area contributed by atoms with Gasteiger partial charge in [0.25, 0.3) is 0 Å². The Balaban J connectivity index is 1.64. The van der Waals surface area contributed by atoms with Crippen molar-refractivity contribution in [3.63, 3.8) is 0 Å². The number of carbonyl (C=O) groups excluding carboxylic acids is 2. The molecule has 6 heteroatoms. The summed E-state index contributed by atoms with van der Waals surface area (Å²) in [4.78, 5) is 32.1. The molecule has 2 saturated heterocycles. The lowest BCUT2D eigenvalue weighted by Crippen LogP contribution is -2.57. The maximum Gasteiger partial charge on any atom is 0.245 e. The molecule has 2 aliphatic rings. The van der Waals surface area contributed by atoms with Crippen molar-refractivity contribution in [2.45, 2.75) is 32.2 Å². The van der Waals surface area contributed by atoms with Crippen molar-refractivity contribution in [2.24, 2.45) is 0 Å². The first-order valence-electron chi connectivity index (χ1n) is 6.64. The second kappa shape index (κ2) is 4.92. The van der Waals surface area contributed by atoms with Crippen molar-refractivity contribution in [1.29, 1.82) is 0 Å². The molecule has 1 aromatic rings. The Morgan fingerprint density at radius 1 is 1.47 bits per heavy atom. The molecule has 5 nitrogen and oxygen atoms in total. The predicted octanol–water partition coefficient (Wildman–Crippen LogP) is 0.827. The molecule has 2 fully saturated rings. The Morgan fingerprint density at radius 3 is 3.05 bits per heavy atom. The molecule has 3 heterocycles. The van der Waals surface area contributed by atoms with E-state index in [4.69, 9.17) is 0 Å². The van der Waals surface area contributed by atoms with Crippen molar-refractivity contribution in [3.8, 4) is 0 Å². The molecule has 2 amide bonds. The van der Waals surface area contributed by atoms with E-state index in [1.807, 2.05) is 12.3 Å². The van der Waals surface area contributed by atoms with E-state index < -0.39 is 0 Å². The number of aryl methyl sites for hydroxylation is 1. The van der Waals surface area contributed by atoms with Gasteiger partial charge in [0.1, 0.15) is 6.04 Å². The predicted molar refractivity (Wildman–Crippen MR) is 71.9 cm³/mol. The summed E-state index contributed by atoms with van der Waals surface area (Å²) in [6.45, 7) is 3.54. The van der Waals surface area contributed by atoms with E-state index in [9.17, 15) is 9.59 Å². The third-order valence-corrected chi connectivity index (χ3v) is 4.78. The molecule has 1 atom stereocenters. The van der Waals surface area contributed by atoms with E-state index in [0.717, 1.165) is 36.5 Å². The van der Waals surface area contributed by atoms with Crippen LogP contribution >= 0.6 is 11.3 Å². The fourth-order valence-electron chi connectivity index (χ4n) is 2.80. The Labute approximate surface area is 116 Å². The monoisotopic (exact) mass is 279 g/mol. The van der Waals surface area contributed by atoms with Crippen LogP contribution < -0.4 is 0 Å². The summed E-state index contributed by atoms with van der Waals surface area (Å²) < 4.78 is 0. The number of hydrogen-bond donors (Lipinski definition) is 0. The molecule has 1 aromatic heterocycles. The minimum Gasteiger partial charge on any atom is -0.331 e. The van der Waals surface area contributed by atoms with E-state index in [-0.39, 0.29) is 24.4 Å². The van der Waals surface area contributed by atoms with Crippen molar-refractivity contribution < 1.29 is 9.59 Å². The molecule has 0 bridgehead atoms. The number of thiazole rings is 1. The fraction of sp³-hybridized carbons (Fsp3) is 0.615. The van der Waals surface area contributed by atoms with Gasteiger partial charge in [0, 0.05) is 30.6 Å². The van der Waals surface area contributed by atoms with Gasteiger partial charge < -0.3 is 9.80 Å². The van der Waals surface area contributed by atoms with Gasteiger partial charge >= 0.3 is 0 Å². The van der Waals surface area contributed by atoms with Crippen LogP contribution in [-0.2, 0) is 16.0 Å². The van der Waals surface area contributed by atoms with Crippen LogP contribution in [0.15, 0.2) is 5.38 Å². The van der Waals surface area contributed by atoms with Crippen LogP contribution in [-0.4, -0.2) is 52.3 Å². The fourth-order valence-corrected chi connectivity index (χ4v) is 3.57. The summed E-state index contributed by atoms with van der Waals surface area (Å²) in [5.74, 6) is 0.211. The number of hydrogen-bond acceptors (Lipinski definition) is 4. The minimum absolute atomic E-state index is 0.0948. The number of piperazine rings is 1. The Morgan fingerprint density at radius 2 is 2.32 bits per heavy atom. The van der Waals surface area contributed by atoms with Gasteiger partial charge in [0.2, 0.25) is 11.8 Å². The lowest BCUT2D eigenvalue weighted by molar-refractivity contribution is -0.153. The molecule has 2 aliphatic heterocycles. The van der Waals surface area contributed by atoms with Crippen LogP contribution in [0.4, 0.5) is 0 Å². The van der Waals surface area contributed by atoms with Crippen LogP contribution in [0.5, 0.6) is 0 Å². The topological polar surface area (TPSA) is 53.5 Å². The average molecular weight is 279 g/mol. The zero-order valence-corrected chi connectivity index (χ0v) is 11.8. The lowest BCUT2D eigenvalue weighted by Gasteiger charge is -2.36. The third-order valence-electron chi connectivity index (χ3n) is 3.76. The molecule has 0 N–H and O–H groups in total. The number of aromatic nitrogens is 1. The van der Waals surface area contributed by atoms with E-state index in [2.05, 4.69) is 4.98 Å². The Bertz CT molecular complexity index is 514. The highest BCUT2D eigenvalue weighted by Crippen LogP contribution is 2.23. The second-order valence-electron chi connectivity index (χ2n) is 5.14. The SMILES string of the molecule is Cc1csc(CCN2CC(=O)N3CCCC3C2=O)n1. The number of amides is 2. The van der Waals surface area contributed by atoms with Crippen molar-refractivity contribution in [1.82, 2.24) is 14.8 Å². The second-order valence-corrected chi connectivity index (χ2v) is 6.08. The summed E-state index contributed by atoms with van der Waals surface area (Å²) in [7, 11) is 0. The number of rotatable bonds is 3. The van der Waals surface area contributed by atoms with Gasteiger partial charge in [-0.15, -0.1) is 11.3 Å². The third kappa shape index (κ3) is 2.36. The summed E-state index contributed by atoms with van der Waals surface area (Å²) in [6, 6.07) is -0.195. The molecule has 0 aliphatic carbocycles. The molecule has 102 valence electrons. The number of fused-ring (bicyclic) bond motifs is 1. The van der Waals surface area contributed by atoms with Crippen LogP contribution in [0.2, 0.25) is 0 Å². The highest BCUT2D eigenvalue weighted by Gasteiger charge is 2.41. The highest BCUT2D eigenvalue weighted by molar-refractivity contribution is 7.09. The summed E-state index contributed by atoms with van der Waals surface area (Å²) in [6.07, 6.45) is 2.50. The summed E-state index contributed by atoms with van der Waals surface area (Å²) in [5, 5.41) is 3.05. The normalized spacial score (nSPS) is 23.1. The van der Waals surface area contributed by atoms with E-state index in [1.54, 1.807) is 21.1 Å².